The van der Waals surface area contributed by atoms with E-state index in [2.05, 4.69) is 21.2 Å². The average molecular weight is 314 g/mol. The Bertz CT molecular complexity index is 447. The molecule has 1 unspecified atom stereocenters. The minimum atomic E-state index is -0.217. The van der Waals surface area contributed by atoms with Crippen LogP contribution in [0.15, 0.2) is 22.7 Å². The molecule has 0 amide bonds. The van der Waals surface area contributed by atoms with Gasteiger partial charge in [-0.15, -0.1) is 0 Å². The highest BCUT2D eigenvalue weighted by molar-refractivity contribution is 9.10. The van der Waals surface area contributed by atoms with Crippen molar-refractivity contribution in [2.45, 2.75) is 43.7 Å². The maximum absolute atomic E-state index is 13.5. The third-order valence-corrected chi connectivity index (χ3v) is 4.69. The SMILES string of the molecule is Fc1cc(NC2CCOC3(CCC3)C2)ccc1Br. The van der Waals surface area contributed by atoms with Gasteiger partial charge in [0.2, 0.25) is 0 Å². The summed E-state index contributed by atoms with van der Waals surface area (Å²) >= 11 is 3.17. The first kappa shape index (κ1) is 12.4. The van der Waals surface area contributed by atoms with Gasteiger partial charge >= 0.3 is 0 Å². The molecule has 1 heterocycles. The maximum atomic E-state index is 13.5. The van der Waals surface area contributed by atoms with Gasteiger partial charge in [-0.1, -0.05) is 0 Å². The Kier molecular flexibility index (Phi) is 3.32. The molecule has 2 nitrogen and oxygen atoms in total. The third kappa shape index (κ3) is 2.41. The van der Waals surface area contributed by atoms with Crippen molar-refractivity contribution >= 4 is 21.6 Å². The lowest BCUT2D eigenvalue weighted by Crippen LogP contribution is -2.49. The zero-order valence-corrected chi connectivity index (χ0v) is 11.8. The molecule has 0 radical (unpaired) electrons. The van der Waals surface area contributed by atoms with E-state index in [0.29, 0.717) is 10.5 Å². The molecular weight excluding hydrogens is 297 g/mol. The maximum Gasteiger partial charge on any atom is 0.139 e. The van der Waals surface area contributed by atoms with E-state index in [0.717, 1.165) is 25.1 Å². The molecule has 0 aromatic heterocycles. The van der Waals surface area contributed by atoms with Crippen molar-refractivity contribution in [3.05, 3.63) is 28.5 Å². The standard InChI is InChI=1S/C14H17BrFNO/c15-12-3-2-10(8-13(12)16)17-11-4-7-18-14(9-11)5-1-6-14/h2-3,8,11,17H,1,4-7,9H2. The zero-order chi connectivity index (χ0) is 12.6. The van der Waals surface area contributed by atoms with E-state index in [1.165, 1.54) is 19.3 Å². The molecule has 3 rings (SSSR count). The highest BCUT2D eigenvalue weighted by Crippen LogP contribution is 2.42. The van der Waals surface area contributed by atoms with Crippen molar-refractivity contribution in [2.75, 3.05) is 11.9 Å². The predicted octanol–water partition coefficient (Wildman–Crippen LogP) is 4.10. The lowest BCUT2D eigenvalue weighted by Gasteiger charge is -2.47. The molecule has 18 heavy (non-hydrogen) atoms. The molecule has 1 spiro atoms. The quantitative estimate of drug-likeness (QED) is 0.887. The largest absolute Gasteiger partial charge is 0.382 e. The average Bonchev–Trinajstić information content (AvgIpc) is 2.32. The molecule has 1 aromatic carbocycles. The van der Waals surface area contributed by atoms with Gasteiger partial charge in [0.05, 0.1) is 10.1 Å². The van der Waals surface area contributed by atoms with Crippen LogP contribution in [0.1, 0.15) is 32.1 Å². The van der Waals surface area contributed by atoms with Gasteiger partial charge in [0.15, 0.2) is 0 Å². The van der Waals surface area contributed by atoms with Crippen LogP contribution >= 0.6 is 15.9 Å². The number of ether oxygens (including phenoxy) is 1. The van der Waals surface area contributed by atoms with E-state index in [1.807, 2.05) is 6.07 Å². The zero-order valence-electron chi connectivity index (χ0n) is 10.2. The summed E-state index contributed by atoms with van der Waals surface area (Å²) in [6, 6.07) is 5.61. The van der Waals surface area contributed by atoms with Crippen LogP contribution < -0.4 is 5.32 Å². The molecule has 1 aromatic rings. The van der Waals surface area contributed by atoms with E-state index in [-0.39, 0.29) is 11.4 Å². The fourth-order valence-electron chi connectivity index (χ4n) is 2.89. The summed E-state index contributed by atoms with van der Waals surface area (Å²) in [5.41, 5.74) is 0.987. The molecule has 0 bridgehead atoms. The van der Waals surface area contributed by atoms with Gasteiger partial charge in [-0.3, -0.25) is 0 Å². The molecule has 98 valence electrons. The van der Waals surface area contributed by atoms with Crippen LogP contribution in [-0.2, 0) is 4.74 Å². The van der Waals surface area contributed by atoms with Gasteiger partial charge in [-0.05, 0) is 66.2 Å². The van der Waals surface area contributed by atoms with Gasteiger partial charge in [0.25, 0.3) is 0 Å². The lowest BCUT2D eigenvalue weighted by atomic mass is 9.74. The van der Waals surface area contributed by atoms with Gasteiger partial charge in [-0.25, -0.2) is 4.39 Å². The fraction of sp³-hybridized carbons (Fsp3) is 0.571. The monoisotopic (exact) mass is 313 g/mol. The Morgan fingerprint density at radius 3 is 2.89 bits per heavy atom. The van der Waals surface area contributed by atoms with Crippen LogP contribution in [-0.4, -0.2) is 18.2 Å². The Morgan fingerprint density at radius 1 is 1.39 bits per heavy atom. The highest BCUT2D eigenvalue weighted by atomic mass is 79.9. The number of nitrogens with one attached hydrogen (secondary N) is 1. The van der Waals surface area contributed by atoms with Crippen LogP contribution in [0.25, 0.3) is 0 Å². The van der Waals surface area contributed by atoms with Crippen molar-refractivity contribution in [2.24, 2.45) is 0 Å². The molecule has 1 aliphatic carbocycles. The number of benzene rings is 1. The second kappa shape index (κ2) is 4.82. The van der Waals surface area contributed by atoms with E-state index < -0.39 is 0 Å². The van der Waals surface area contributed by atoms with Gasteiger partial charge in [0, 0.05) is 18.3 Å². The third-order valence-electron chi connectivity index (χ3n) is 4.05. The Morgan fingerprint density at radius 2 is 2.22 bits per heavy atom. The molecule has 1 atom stereocenters. The van der Waals surface area contributed by atoms with Gasteiger partial charge in [0.1, 0.15) is 5.82 Å². The number of hydrogen-bond donors (Lipinski definition) is 1. The first-order valence-corrected chi connectivity index (χ1v) is 7.32. The summed E-state index contributed by atoms with van der Waals surface area (Å²) in [5.74, 6) is -0.217. The van der Waals surface area contributed by atoms with Crippen LogP contribution in [0, 0.1) is 5.82 Å². The first-order chi connectivity index (χ1) is 8.67. The fourth-order valence-corrected chi connectivity index (χ4v) is 3.14. The number of rotatable bonds is 2. The van der Waals surface area contributed by atoms with Gasteiger partial charge in [-0.2, -0.15) is 0 Å². The Hall–Kier alpha value is -0.610. The number of hydrogen-bond acceptors (Lipinski definition) is 2. The van der Waals surface area contributed by atoms with E-state index in [9.17, 15) is 4.39 Å². The normalized spacial score (nSPS) is 25.8. The van der Waals surface area contributed by atoms with Crippen molar-refractivity contribution in [1.29, 1.82) is 0 Å². The van der Waals surface area contributed by atoms with Crippen molar-refractivity contribution in [3.8, 4) is 0 Å². The summed E-state index contributed by atoms with van der Waals surface area (Å²) in [6.45, 7) is 0.816. The van der Waals surface area contributed by atoms with E-state index in [4.69, 9.17) is 4.74 Å². The summed E-state index contributed by atoms with van der Waals surface area (Å²) in [6.07, 6.45) is 5.68. The van der Waals surface area contributed by atoms with Crippen molar-refractivity contribution in [1.82, 2.24) is 0 Å². The molecule has 2 aliphatic rings. The molecule has 2 fully saturated rings. The van der Waals surface area contributed by atoms with E-state index >= 15 is 0 Å². The Balaban J connectivity index is 1.66. The number of halogens is 2. The Labute approximate surface area is 115 Å². The van der Waals surface area contributed by atoms with Crippen molar-refractivity contribution in [3.63, 3.8) is 0 Å². The van der Waals surface area contributed by atoms with Gasteiger partial charge < -0.3 is 10.1 Å². The topological polar surface area (TPSA) is 21.3 Å². The molecule has 1 aliphatic heterocycles. The molecule has 4 heteroatoms. The smallest absolute Gasteiger partial charge is 0.139 e. The van der Waals surface area contributed by atoms with E-state index in [1.54, 1.807) is 12.1 Å². The molecule has 1 N–H and O–H groups in total. The predicted molar refractivity (Wildman–Crippen MR) is 73.3 cm³/mol. The highest BCUT2D eigenvalue weighted by Gasteiger charge is 2.42. The molecule has 1 saturated heterocycles. The van der Waals surface area contributed by atoms with Crippen LogP contribution in [0.4, 0.5) is 10.1 Å². The summed E-state index contributed by atoms with van der Waals surface area (Å²) in [7, 11) is 0. The second-order valence-electron chi connectivity index (χ2n) is 5.35. The summed E-state index contributed by atoms with van der Waals surface area (Å²) in [4.78, 5) is 0. The second-order valence-corrected chi connectivity index (χ2v) is 6.20. The first-order valence-electron chi connectivity index (χ1n) is 6.52. The summed E-state index contributed by atoms with van der Waals surface area (Å²) in [5, 5.41) is 3.43. The molecular formula is C14H17BrFNO. The molecule has 1 saturated carbocycles. The number of anilines is 1. The van der Waals surface area contributed by atoms with Crippen LogP contribution in [0.5, 0.6) is 0 Å². The lowest BCUT2D eigenvalue weighted by molar-refractivity contribution is -0.130. The van der Waals surface area contributed by atoms with Crippen molar-refractivity contribution < 1.29 is 9.13 Å². The van der Waals surface area contributed by atoms with Crippen LogP contribution in [0.2, 0.25) is 0 Å². The minimum absolute atomic E-state index is 0.129. The summed E-state index contributed by atoms with van der Waals surface area (Å²) < 4.78 is 19.9. The van der Waals surface area contributed by atoms with Crippen LogP contribution in [0.3, 0.4) is 0 Å². The minimum Gasteiger partial charge on any atom is -0.382 e.